The van der Waals surface area contributed by atoms with E-state index in [0.29, 0.717) is 5.75 Å². The number of amides is 2. The number of hydrogen-bond acceptors (Lipinski definition) is 4. The van der Waals surface area contributed by atoms with Crippen LogP contribution in [0.5, 0.6) is 11.5 Å². The number of para-hydroxylation sites is 2. The Bertz CT molecular complexity index is 803. The van der Waals surface area contributed by atoms with Crippen LogP contribution in [0.1, 0.15) is 37.8 Å². The number of carbonyl (C=O) groups excluding carboxylic acids is 1. The van der Waals surface area contributed by atoms with Gasteiger partial charge >= 0.3 is 6.03 Å². The first-order valence-corrected chi connectivity index (χ1v) is 9.76. The summed E-state index contributed by atoms with van der Waals surface area (Å²) in [7, 11) is 3.24. The Kier molecular flexibility index (Phi) is 6.63. The maximum Gasteiger partial charge on any atom is 0.319 e. The molecule has 28 heavy (non-hydrogen) atoms. The number of methoxy groups -OCH3 is 2. The number of ether oxygens (including phenoxy) is 2. The first-order valence-electron chi connectivity index (χ1n) is 9.76. The summed E-state index contributed by atoms with van der Waals surface area (Å²) >= 11 is 0. The second kappa shape index (κ2) is 9.35. The topological polar surface area (TPSA) is 62.8 Å². The summed E-state index contributed by atoms with van der Waals surface area (Å²) in [5.74, 6) is 1.43. The molecule has 2 N–H and O–H groups in total. The minimum absolute atomic E-state index is 0.243. The number of benzene rings is 2. The lowest BCUT2D eigenvalue weighted by Gasteiger charge is -2.30. The van der Waals surface area contributed by atoms with Gasteiger partial charge in [-0.1, -0.05) is 12.1 Å². The Hall–Kier alpha value is -2.89. The fourth-order valence-corrected chi connectivity index (χ4v) is 3.60. The number of anilines is 2. The van der Waals surface area contributed by atoms with Crippen LogP contribution in [-0.2, 0) is 0 Å². The second-order valence-corrected chi connectivity index (χ2v) is 6.99. The van der Waals surface area contributed by atoms with Crippen molar-refractivity contribution >= 4 is 17.4 Å². The molecule has 2 aromatic carbocycles. The van der Waals surface area contributed by atoms with Gasteiger partial charge in [-0.15, -0.1) is 0 Å². The Morgan fingerprint density at radius 1 is 1.04 bits per heavy atom. The molecule has 6 heteroatoms. The first-order chi connectivity index (χ1) is 13.6. The molecule has 6 nitrogen and oxygen atoms in total. The number of nitrogens with one attached hydrogen (secondary N) is 2. The molecular formula is C22H29N3O3. The van der Waals surface area contributed by atoms with Crippen molar-refractivity contribution in [2.45, 2.75) is 32.2 Å². The van der Waals surface area contributed by atoms with Gasteiger partial charge in [0.05, 0.1) is 31.6 Å². The van der Waals surface area contributed by atoms with Crippen molar-refractivity contribution in [3.05, 3.63) is 48.0 Å². The molecule has 1 fully saturated rings. The van der Waals surface area contributed by atoms with Gasteiger partial charge in [-0.25, -0.2) is 4.79 Å². The zero-order valence-electron chi connectivity index (χ0n) is 16.8. The highest BCUT2D eigenvalue weighted by molar-refractivity contribution is 5.93. The molecule has 0 saturated carbocycles. The Balaban J connectivity index is 1.71. The highest BCUT2D eigenvalue weighted by Crippen LogP contribution is 2.30. The van der Waals surface area contributed by atoms with E-state index in [-0.39, 0.29) is 12.1 Å². The summed E-state index contributed by atoms with van der Waals surface area (Å²) < 4.78 is 10.7. The quantitative estimate of drug-likeness (QED) is 0.767. The van der Waals surface area contributed by atoms with Crippen LogP contribution in [-0.4, -0.2) is 33.3 Å². The highest BCUT2D eigenvalue weighted by atomic mass is 16.5. The SMILES string of the molecule is COc1ccc(OC)c(C(C)NC(=O)Nc2ccccc2N2CCCCC2)c1. The molecule has 1 unspecified atom stereocenters. The van der Waals surface area contributed by atoms with Crippen molar-refractivity contribution in [3.8, 4) is 11.5 Å². The van der Waals surface area contributed by atoms with Crippen LogP contribution < -0.4 is 25.0 Å². The molecular weight excluding hydrogens is 354 g/mol. The third-order valence-corrected chi connectivity index (χ3v) is 5.10. The van der Waals surface area contributed by atoms with Gasteiger partial charge in [0.2, 0.25) is 0 Å². The van der Waals surface area contributed by atoms with Crippen molar-refractivity contribution in [1.29, 1.82) is 0 Å². The smallest absolute Gasteiger partial charge is 0.319 e. The average Bonchev–Trinajstić information content (AvgIpc) is 2.74. The molecule has 2 aromatic rings. The van der Waals surface area contributed by atoms with Gasteiger partial charge in [-0.05, 0) is 56.5 Å². The predicted molar refractivity (Wildman–Crippen MR) is 113 cm³/mol. The molecule has 0 spiro atoms. The lowest BCUT2D eigenvalue weighted by Crippen LogP contribution is -2.33. The first kappa shape index (κ1) is 19.9. The van der Waals surface area contributed by atoms with Crippen molar-refractivity contribution in [3.63, 3.8) is 0 Å². The van der Waals surface area contributed by atoms with Crippen molar-refractivity contribution in [2.75, 3.05) is 37.5 Å². The van der Waals surface area contributed by atoms with Gasteiger partial charge < -0.3 is 25.0 Å². The minimum Gasteiger partial charge on any atom is -0.497 e. The van der Waals surface area contributed by atoms with E-state index in [9.17, 15) is 4.79 Å². The number of piperidine rings is 1. The molecule has 3 rings (SSSR count). The minimum atomic E-state index is -0.248. The van der Waals surface area contributed by atoms with Crippen LogP contribution in [0.15, 0.2) is 42.5 Å². The van der Waals surface area contributed by atoms with Crippen LogP contribution in [0.4, 0.5) is 16.2 Å². The number of hydrogen-bond donors (Lipinski definition) is 2. The third kappa shape index (κ3) is 4.68. The van der Waals surface area contributed by atoms with Gasteiger partial charge in [-0.2, -0.15) is 0 Å². The summed E-state index contributed by atoms with van der Waals surface area (Å²) in [6.07, 6.45) is 3.65. The summed E-state index contributed by atoms with van der Waals surface area (Å²) in [6.45, 7) is 3.98. The van der Waals surface area contributed by atoms with Crippen LogP contribution >= 0.6 is 0 Å². The lowest BCUT2D eigenvalue weighted by atomic mass is 10.1. The van der Waals surface area contributed by atoms with Crippen molar-refractivity contribution in [2.24, 2.45) is 0 Å². The third-order valence-electron chi connectivity index (χ3n) is 5.10. The standard InChI is InChI=1S/C22H29N3O3/c1-16(18-15-17(27-2)11-12-21(18)28-3)23-22(26)24-19-9-5-6-10-20(19)25-13-7-4-8-14-25/h5-6,9-12,15-16H,4,7-8,13-14H2,1-3H3,(H2,23,24,26). The monoisotopic (exact) mass is 383 g/mol. The highest BCUT2D eigenvalue weighted by Gasteiger charge is 2.18. The van der Waals surface area contributed by atoms with E-state index >= 15 is 0 Å². The van der Waals surface area contributed by atoms with Crippen LogP contribution in [0.25, 0.3) is 0 Å². The van der Waals surface area contributed by atoms with E-state index in [1.54, 1.807) is 14.2 Å². The molecule has 0 bridgehead atoms. The van der Waals surface area contributed by atoms with Gasteiger partial charge in [-0.3, -0.25) is 0 Å². The van der Waals surface area contributed by atoms with Crippen LogP contribution in [0, 0.1) is 0 Å². The number of rotatable bonds is 6. The number of carbonyl (C=O) groups is 1. The van der Waals surface area contributed by atoms with Gasteiger partial charge in [0.25, 0.3) is 0 Å². The normalized spacial score (nSPS) is 14.9. The molecule has 0 aromatic heterocycles. The van der Waals surface area contributed by atoms with Crippen molar-refractivity contribution < 1.29 is 14.3 Å². The molecule has 1 aliphatic heterocycles. The van der Waals surface area contributed by atoms with E-state index in [1.807, 2.05) is 43.3 Å². The van der Waals surface area contributed by atoms with Gasteiger partial charge in [0.1, 0.15) is 11.5 Å². The average molecular weight is 383 g/mol. The van der Waals surface area contributed by atoms with Gasteiger partial charge in [0.15, 0.2) is 0 Å². The Morgan fingerprint density at radius 2 is 1.79 bits per heavy atom. The van der Waals surface area contributed by atoms with E-state index in [4.69, 9.17) is 9.47 Å². The lowest BCUT2D eigenvalue weighted by molar-refractivity contribution is 0.249. The maximum atomic E-state index is 12.7. The molecule has 0 radical (unpaired) electrons. The Morgan fingerprint density at radius 3 is 2.50 bits per heavy atom. The summed E-state index contributed by atoms with van der Waals surface area (Å²) in [5.41, 5.74) is 2.76. The molecule has 1 saturated heterocycles. The van der Waals surface area contributed by atoms with E-state index in [1.165, 1.54) is 19.3 Å². The molecule has 1 atom stereocenters. The maximum absolute atomic E-state index is 12.7. The Labute approximate surface area is 166 Å². The fourth-order valence-electron chi connectivity index (χ4n) is 3.60. The summed E-state index contributed by atoms with van der Waals surface area (Å²) in [5, 5.41) is 6.01. The van der Waals surface area contributed by atoms with E-state index < -0.39 is 0 Å². The second-order valence-electron chi connectivity index (χ2n) is 6.99. The van der Waals surface area contributed by atoms with Gasteiger partial charge in [0, 0.05) is 18.7 Å². The molecule has 150 valence electrons. The summed E-state index contributed by atoms with van der Waals surface area (Å²) in [6, 6.07) is 13.0. The molecule has 0 aliphatic carbocycles. The van der Waals surface area contributed by atoms with Crippen molar-refractivity contribution in [1.82, 2.24) is 5.32 Å². The largest absolute Gasteiger partial charge is 0.497 e. The predicted octanol–water partition coefficient (Wildman–Crippen LogP) is 4.58. The van der Waals surface area contributed by atoms with Crippen LogP contribution in [0.3, 0.4) is 0 Å². The molecule has 2 amide bonds. The van der Waals surface area contributed by atoms with E-state index in [2.05, 4.69) is 21.6 Å². The number of urea groups is 1. The number of nitrogens with zero attached hydrogens (tertiary/aromatic N) is 1. The molecule has 1 heterocycles. The zero-order chi connectivity index (χ0) is 19.9. The fraction of sp³-hybridized carbons (Fsp3) is 0.409. The van der Waals surface area contributed by atoms with E-state index in [0.717, 1.165) is 35.8 Å². The zero-order valence-corrected chi connectivity index (χ0v) is 16.8. The van der Waals surface area contributed by atoms with Crippen LogP contribution in [0.2, 0.25) is 0 Å². The molecule has 1 aliphatic rings. The summed E-state index contributed by atoms with van der Waals surface area (Å²) in [4.78, 5) is 15.0.